The van der Waals surface area contributed by atoms with Crippen molar-refractivity contribution in [1.29, 1.82) is 0 Å². The highest BCUT2D eigenvalue weighted by Crippen LogP contribution is 2.23. The van der Waals surface area contributed by atoms with Crippen molar-refractivity contribution in [2.75, 3.05) is 6.61 Å². The lowest BCUT2D eigenvalue weighted by atomic mass is 10.0. The Hall–Kier alpha value is -3.61. The summed E-state index contributed by atoms with van der Waals surface area (Å²) in [5.74, 6) is 1.00. The van der Waals surface area contributed by atoms with Crippen LogP contribution in [0.3, 0.4) is 0 Å². The predicted octanol–water partition coefficient (Wildman–Crippen LogP) is 3.92. The van der Waals surface area contributed by atoms with Crippen LogP contribution in [0.5, 0.6) is 5.75 Å². The molecule has 3 rings (SSSR count). The van der Waals surface area contributed by atoms with Gasteiger partial charge in [0.1, 0.15) is 11.5 Å². The Morgan fingerprint density at radius 1 is 1.10 bits per heavy atom. The van der Waals surface area contributed by atoms with Crippen LogP contribution < -0.4 is 10.1 Å². The lowest BCUT2D eigenvalue weighted by Crippen LogP contribution is -2.20. The van der Waals surface area contributed by atoms with Gasteiger partial charge in [-0.1, -0.05) is 24.3 Å². The highest BCUT2D eigenvalue weighted by Gasteiger charge is 2.12. The van der Waals surface area contributed by atoms with Crippen LogP contribution in [0.4, 0.5) is 0 Å². The molecule has 2 N–H and O–H groups in total. The highest BCUT2D eigenvalue weighted by atomic mass is 16.5. The van der Waals surface area contributed by atoms with E-state index in [-0.39, 0.29) is 12.3 Å². The van der Waals surface area contributed by atoms with Crippen LogP contribution in [0.15, 0.2) is 52.9 Å². The number of carboxylic acid groups (broad SMARTS) is 1. The van der Waals surface area contributed by atoms with Gasteiger partial charge in [-0.05, 0) is 48.7 Å². The number of amides is 1. The molecule has 0 aliphatic heterocycles. The second-order valence-corrected chi connectivity index (χ2v) is 7.22. The Bertz CT molecular complexity index is 1040. The standard InChI is InChI=1S/C24H26N2O5/c1-16-22(26-24(31-16)19-6-4-3-5-7-19)12-13-30-21-10-8-18(9-11-23(28)29)20(14-21)15-25-17(2)27/h3-8,10,14H,9,11-13,15H2,1-2H3,(H,25,27)(H,28,29). The first kappa shape index (κ1) is 22.1. The molecule has 0 saturated heterocycles. The van der Waals surface area contributed by atoms with Gasteiger partial charge in [0.2, 0.25) is 11.8 Å². The number of hydrogen-bond acceptors (Lipinski definition) is 5. The van der Waals surface area contributed by atoms with E-state index in [9.17, 15) is 9.59 Å². The molecule has 1 heterocycles. The molecule has 0 atom stereocenters. The molecule has 0 saturated carbocycles. The zero-order valence-corrected chi connectivity index (χ0v) is 17.7. The highest BCUT2D eigenvalue weighted by molar-refractivity contribution is 5.73. The van der Waals surface area contributed by atoms with Crippen molar-refractivity contribution in [3.8, 4) is 17.2 Å². The van der Waals surface area contributed by atoms with Gasteiger partial charge in [-0.25, -0.2) is 4.98 Å². The maximum Gasteiger partial charge on any atom is 0.303 e. The number of ether oxygens (including phenoxy) is 1. The van der Waals surface area contributed by atoms with E-state index in [0.717, 1.165) is 28.1 Å². The van der Waals surface area contributed by atoms with E-state index in [0.29, 0.717) is 37.6 Å². The molecule has 0 spiro atoms. The third kappa shape index (κ3) is 6.44. The minimum Gasteiger partial charge on any atom is -0.493 e. The lowest BCUT2D eigenvalue weighted by molar-refractivity contribution is -0.137. The van der Waals surface area contributed by atoms with Gasteiger partial charge in [-0.3, -0.25) is 9.59 Å². The smallest absolute Gasteiger partial charge is 0.303 e. The monoisotopic (exact) mass is 422 g/mol. The minimum absolute atomic E-state index is 0.0302. The van der Waals surface area contributed by atoms with E-state index in [1.54, 1.807) is 0 Å². The van der Waals surface area contributed by atoms with E-state index in [1.165, 1.54) is 6.92 Å². The fourth-order valence-electron chi connectivity index (χ4n) is 3.19. The summed E-state index contributed by atoms with van der Waals surface area (Å²) >= 11 is 0. The molecule has 1 aromatic heterocycles. The quantitative estimate of drug-likeness (QED) is 0.513. The summed E-state index contributed by atoms with van der Waals surface area (Å²) < 4.78 is 11.7. The number of aromatic nitrogens is 1. The van der Waals surface area contributed by atoms with Gasteiger partial charge in [0.15, 0.2) is 0 Å². The topological polar surface area (TPSA) is 102 Å². The van der Waals surface area contributed by atoms with Crippen molar-refractivity contribution in [1.82, 2.24) is 10.3 Å². The number of aryl methyl sites for hydroxylation is 2. The van der Waals surface area contributed by atoms with E-state index in [4.69, 9.17) is 14.3 Å². The zero-order chi connectivity index (χ0) is 22.2. The van der Waals surface area contributed by atoms with Crippen LogP contribution in [-0.2, 0) is 29.0 Å². The number of nitrogens with one attached hydrogen (secondary N) is 1. The Balaban J connectivity index is 1.64. The van der Waals surface area contributed by atoms with Crippen LogP contribution in [0.1, 0.15) is 35.9 Å². The summed E-state index contributed by atoms with van der Waals surface area (Å²) in [5.41, 5.74) is 3.49. The van der Waals surface area contributed by atoms with Crippen molar-refractivity contribution in [2.45, 2.75) is 39.7 Å². The van der Waals surface area contributed by atoms with Crippen molar-refractivity contribution in [3.05, 3.63) is 71.1 Å². The van der Waals surface area contributed by atoms with Crippen LogP contribution in [-0.4, -0.2) is 28.6 Å². The van der Waals surface area contributed by atoms with Crippen molar-refractivity contribution < 1.29 is 23.8 Å². The van der Waals surface area contributed by atoms with Crippen LogP contribution in [0.25, 0.3) is 11.5 Å². The molecular formula is C24H26N2O5. The third-order valence-electron chi connectivity index (χ3n) is 4.83. The molecule has 2 aromatic carbocycles. The molecule has 0 bridgehead atoms. The maximum atomic E-state index is 11.3. The lowest BCUT2D eigenvalue weighted by Gasteiger charge is -2.13. The number of nitrogens with zero attached hydrogens (tertiary/aromatic N) is 1. The van der Waals surface area contributed by atoms with Crippen molar-refractivity contribution in [3.63, 3.8) is 0 Å². The Labute approximate surface area is 181 Å². The first-order valence-corrected chi connectivity index (χ1v) is 10.1. The van der Waals surface area contributed by atoms with Gasteiger partial charge in [0.05, 0.1) is 12.3 Å². The largest absolute Gasteiger partial charge is 0.493 e. The summed E-state index contributed by atoms with van der Waals surface area (Å²) in [6, 6.07) is 15.2. The normalized spacial score (nSPS) is 10.6. The minimum atomic E-state index is -0.858. The Morgan fingerprint density at radius 2 is 1.87 bits per heavy atom. The summed E-state index contributed by atoms with van der Waals surface area (Å²) in [7, 11) is 0. The molecular weight excluding hydrogens is 396 g/mol. The fraction of sp³-hybridized carbons (Fsp3) is 0.292. The van der Waals surface area contributed by atoms with Crippen LogP contribution in [0.2, 0.25) is 0 Å². The van der Waals surface area contributed by atoms with Gasteiger partial charge in [-0.2, -0.15) is 0 Å². The third-order valence-corrected chi connectivity index (χ3v) is 4.83. The number of rotatable bonds is 10. The first-order valence-electron chi connectivity index (χ1n) is 10.1. The van der Waals surface area contributed by atoms with Gasteiger partial charge in [-0.15, -0.1) is 0 Å². The predicted molar refractivity (Wildman–Crippen MR) is 116 cm³/mol. The Morgan fingerprint density at radius 3 is 2.58 bits per heavy atom. The molecule has 162 valence electrons. The number of benzene rings is 2. The van der Waals surface area contributed by atoms with E-state index < -0.39 is 5.97 Å². The summed E-state index contributed by atoms with van der Waals surface area (Å²) in [4.78, 5) is 26.8. The van der Waals surface area contributed by atoms with Crippen LogP contribution >= 0.6 is 0 Å². The second-order valence-electron chi connectivity index (χ2n) is 7.22. The molecule has 0 aliphatic rings. The molecule has 1 amide bonds. The van der Waals surface area contributed by atoms with Crippen molar-refractivity contribution >= 4 is 11.9 Å². The number of aliphatic carboxylic acids is 1. The maximum absolute atomic E-state index is 11.3. The van der Waals surface area contributed by atoms with Gasteiger partial charge < -0.3 is 19.6 Å². The van der Waals surface area contributed by atoms with E-state index in [1.807, 2.05) is 55.5 Å². The van der Waals surface area contributed by atoms with Crippen molar-refractivity contribution in [2.24, 2.45) is 0 Å². The summed E-state index contributed by atoms with van der Waals surface area (Å²) in [6.45, 7) is 4.07. The molecule has 3 aromatic rings. The van der Waals surface area contributed by atoms with E-state index >= 15 is 0 Å². The molecule has 0 unspecified atom stereocenters. The number of carboxylic acids is 1. The second kappa shape index (κ2) is 10.4. The first-order chi connectivity index (χ1) is 14.9. The number of oxazole rings is 1. The Kier molecular flexibility index (Phi) is 7.43. The summed E-state index contributed by atoms with van der Waals surface area (Å²) in [5, 5.41) is 11.7. The van der Waals surface area contributed by atoms with E-state index in [2.05, 4.69) is 10.3 Å². The average molecular weight is 422 g/mol. The number of carbonyl (C=O) groups excluding carboxylic acids is 1. The fourth-order valence-corrected chi connectivity index (χ4v) is 3.19. The number of carbonyl (C=O) groups is 2. The summed E-state index contributed by atoms with van der Waals surface area (Å²) in [6.07, 6.45) is 1.01. The zero-order valence-electron chi connectivity index (χ0n) is 17.7. The molecule has 0 aliphatic carbocycles. The SMILES string of the molecule is CC(=O)NCc1cc(OCCc2nc(-c3ccccc3)oc2C)ccc1CCC(=O)O. The molecule has 31 heavy (non-hydrogen) atoms. The molecule has 7 nitrogen and oxygen atoms in total. The van der Waals surface area contributed by atoms with Gasteiger partial charge >= 0.3 is 5.97 Å². The average Bonchev–Trinajstić information content (AvgIpc) is 3.12. The number of hydrogen-bond donors (Lipinski definition) is 2. The molecule has 0 fully saturated rings. The van der Waals surface area contributed by atoms with Gasteiger partial charge in [0.25, 0.3) is 0 Å². The van der Waals surface area contributed by atoms with Gasteiger partial charge in [0, 0.05) is 31.9 Å². The molecule has 0 radical (unpaired) electrons. The van der Waals surface area contributed by atoms with Crippen LogP contribution in [0, 0.1) is 6.92 Å². The molecule has 7 heteroatoms.